The maximum absolute atomic E-state index is 12.8. The molecule has 0 aromatic heterocycles. The maximum Gasteiger partial charge on any atom is 0.335 e. The van der Waals surface area contributed by atoms with E-state index in [1.807, 2.05) is 39.0 Å². The van der Waals surface area contributed by atoms with Crippen molar-refractivity contribution in [3.8, 4) is 0 Å². The van der Waals surface area contributed by atoms with E-state index in [4.69, 9.17) is 14.2 Å². The van der Waals surface area contributed by atoms with Crippen molar-refractivity contribution in [2.24, 2.45) is 29.6 Å². The van der Waals surface area contributed by atoms with Crippen molar-refractivity contribution in [2.75, 3.05) is 7.11 Å². The van der Waals surface area contributed by atoms with Crippen molar-refractivity contribution in [1.82, 2.24) is 0 Å². The molecule has 30 heavy (non-hydrogen) atoms. The Morgan fingerprint density at radius 3 is 2.57 bits per heavy atom. The molecule has 7 heteroatoms. The van der Waals surface area contributed by atoms with Gasteiger partial charge in [0.15, 0.2) is 6.10 Å². The summed E-state index contributed by atoms with van der Waals surface area (Å²) in [6.45, 7) is 7.34. The number of carbonyl (C=O) groups excluding carboxylic acids is 1. The summed E-state index contributed by atoms with van der Waals surface area (Å²) >= 11 is 0. The number of aliphatic hydroxyl groups excluding tert-OH is 3. The van der Waals surface area contributed by atoms with Gasteiger partial charge in [-0.25, -0.2) is 4.79 Å². The van der Waals surface area contributed by atoms with Crippen LogP contribution in [0.4, 0.5) is 0 Å². The standard InChI is InChI=1S/C23H34O7/c1-10-8-11(2)23-14(9-16(28-5)22(27)29-20(10)13(4)24)6-7-15-17(23)18(25)12(3)19(26)21(15)30-23/h6-8,10,12-21,24-26H,9H2,1-5H3/b11-8+/t10-,12-,13-,14-,15-,16+,17+,18-,19-,20+,21-,23+/m1/s1. The molecule has 4 bridgehead atoms. The molecule has 2 aliphatic carbocycles. The van der Waals surface area contributed by atoms with Gasteiger partial charge in [-0.1, -0.05) is 32.1 Å². The zero-order valence-electron chi connectivity index (χ0n) is 18.3. The Labute approximate surface area is 177 Å². The number of hydrogen-bond acceptors (Lipinski definition) is 7. The number of rotatable bonds is 2. The van der Waals surface area contributed by atoms with Gasteiger partial charge in [0, 0.05) is 36.7 Å². The minimum atomic E-state index is -0.853. The number of aliphatic hydroxyl groups is 3. The molecule has 4 rings (SSSR count). The third kappa shape index (κ3) is 3.01. The van der Waals surface area contributed by atoms with Crippen molar-refractivity contribution in [3.05, 3.63) is 23.8 Å². The molecule has 0 unspecified atom stereocenters. The van der Waals surface area contributed by atoms with Gasteiger partial charge in [0.05, 0.1) is 24.4 Å². The number of methoxy groups -OCH3 is 1. The molecule has 2 aliphatic heterocycles. The highest BCUT2D eigenvalue weighted by Gasteiger charge is 2.68. The summed E-state index contributed by atoms with van der Waals surface area (Å²) in [7, 11) is 1.47. The second kappa shape index (κ2) is 7.71. The molecular formula is C23H34O7. The highest BCUT2D eigenvalue weighted by Crippen LogP contribution is 2.60. The van der Waals surface area contributed by atoms with Crippen molar-refractivity contribution in [1.29, 1.82) is 0 Å². The lowest BCUT2D eigenvalue weighted by Crippen LogP contribution is -2.56. The molecule has 4 aliphatic rings. The quantitative estimate of drug-likeness (QED) is 0.454. The fraction of sp³-hybridized carbons (Fsp3) is 0.783. The molecule has 12 atom stereocenters. The number of cyclic esters (lactones) is 1. The van der Waals surface area contributed by atoms with Gasteiger partial charge in [0.1, 0.15) is 11.7 Å². The van der Waals surface area contributed by atoms with Crippen molar-refractivity contribution < 1.29 is 34.3 Å². The number of carbonyl (C=O) groups is 1. The van der Waals surface area contributed by atoms with E-state index in [0.29, 0.717) is 6.42 Å². The summed E-state index contributed by atoms with van der Waals surface area (Å²) in [6, 6.07) is 0. The smallest absolute Gasteiger partial charge is 0.335 e. The fourth-order valence-electron chi connectivity index (χ4n) is 6.34. The minimum Gasteiger partial charge on any atom is -0.457 e. The Bertz CT molecular complexity index is 746. The first-order valence-electron chi connectivity index (χ1n) is 11.0. The molecule has 2 fully saturated rings. The van der Waals surface area contributed by atoms with Gasteiger partial charge in [-0.3, -0.25) is 0 Å². The molecule has 0 aromatic rings. The molecule has 0 amide bonds. The summed E-state index contributed by atoms with van der Waals surface area (Å²) in [4.78, 5) is 12.8. The Hall–Kier alpha value is -1.25. The van der Waals surface area contributed by atoms with E-state index in [1.165, 1.54) is 7.11 Å². The summed E-state index contributed by atoms with van der Waals surface area (Å²) in [5, 5.41) is 32.3. The molecule has 168 valence electrons. The second-order valence-corrected chi connectivity index (χ2v) is 9.62. The van der Waals surface area contributed by atoms with Crippen LogP contribution in [0.3, 0.4) is 0 Å². The maximum atomic E-state index is 12.8. The Kier molecular flexibility index (Phi) is 5.64. The Balaban J connectivity index is 1.86. The number of ether oxygens (including phenoxy) is 3. The second-order valence-electron chi connectivity index (χ2n) is 9.62. The van der Waals surface area contributed by atoms with Crippen LogP contribution in [0.5, 0.6) is 0 Å². The fourth-order valence-corrected chi connectivity index (χ4v) is 6.34. The monoisotopic (exact) mass is 422 g/mol. The van der Waals surface area contributed by atoms with Gasteiger partial charge in [-0.2, -0.15) is 0 Å². The Morgan fingerprint density at radius 2 is 1.93 bits per heavy atom. The zero-order chi connectivity index (χ0) is 22.0. The topological polar surface area (TPSA) is 105 Å². The van der Waals surface area contributed by atoms with Gasteiger partial charge >= 0.3 is 5.97 Å². The third-order valence-electron chi connectivity index (χ3n) is 7.91. The van der Waals surface area contributed by atoms with Crippen LogP contribution in [0, 0.1) is 29.6 Å². The lowest BCUT2D eigenvalue weighted by molar-refractivity contribution is -0.172. The number of esters is 1. The highest BCUT2D eigenvalue weighted by atomic mass is 16.6. The van der Waals surface area contributed by atoms with Crippen LogP contribution in [-0.4, -0.2) is 70.6 Å². The molecular weight excluding hydrogens is 388 g/mol. The van der Waals surface area contributed by atoms with Gasteiger partial charge in [0.2, 0.25) is 0 Å². The van der Waals surface area contributed by atoms with Crippen LogP contribution >= 0.6 is 0 Å². The number of hydrogen-bond donors (Lipinski definition) is 3. The van der Waals surface area contributed by atoms with E-state index in [9.17, 15) is 20.1 Å². The summed E-state index contributed by atoms with van der Waals surface area (Å²) in [5.41, 5.74) is 0.0851. The van der Waals surface area contributed by atoms with Crippen molar-refractivity contribution >= 4 is 5.97 Å². The van der Waals surface area contributed by atoms with E-state index in [1.54, 1.807) is 6.92 Å². The SMILES string of the molecule is CO[C@H]1C[C@H]2C=C[C@H]3[C@H]4O[C@]2(/C(C)=C/[C@@H](C)[C@@H]([C@@H](C)O)OC1=O)[C@@H]3[C@H](O)[C@@H](C)[C@H]4O. The highest BCUT2D eigenvalue weighted by molar-refractivity contribution is 5.75. The summed E-state index contributed by atoms with van der Waals surface area (Å²) in [6.07, 6.45) is 2.09. The molecule has 2 heterocycles. The molecule has 0 radical (unpaired) electrons. The van der Waals surface area contributed by atoms with Crippen LogP contribution in [0.2, 0.25) is 0 Å². The third-order valence-corrected chi connectivity index (χ3v) is 7.91. The van der Waals surface area contributed by atoms with Gasteiger partial charge in [-0.15, -0.1) is 0 Å². The van der Waals surface area contributed by atoms with Crippen LogP contribution in [0.1, 0.15) is 34.1 Å². The predicted octanol–water partition coefficient (Wildman–Crippen LogP) is 1.21. The summed E-state index contributed by atoms with van der Waals surface area (Å²) < 4.78 is 17.8. The molecule has 7 nitrogen and oxygen atoms in total. The lowest BCUT2D eigenvalue weighted by Gasteiger charge is -2.48. The molecule has 1 saturated heterocycles. The first-order chi connectivity index (χ1) is 14.1. The van der Waals surface area contributed by atoms with Crippen LogP contribution in [-0.2, 0) is 19.0 Å². The van der Waals surface area contributed by atoms with Gasteiger partial charge in [-0.05, 0) is 25.8 Å². The van der Waals surface area contributed by atoms with Crippen LogP contribution in [0.15, 0.2) is 23.8 Å². The van der Waals surface area contributed by atoms with E-state index in [0.717, 1.165) is 5.57 Å². The first-order valence-corrected chi connectivity index (χ1v) is 11.0. The first kappa shape index (κ1) is 22.0. The minimum absolute atomic E-state index is 0.0930. The van der Waals surface area contributed by atoms with Crippen molar-refractivity contribution in [2.45, 2.75) is 76.3 Å². The van der Waals surface area contributed by atoms with E-state index >= 15 is 0 Å². The van der Waals surface area contributed by atoms with Crippen LogP contribution < -0.4 is 0 Å². The van der Waals surface area contributed by atoms with Gasteiger partial charge < -0.3 is 29.5 Å². The van der Waals surface area contributed by atoms with Gasteiger partial charge in [0.25, 0.3) is 0 Å². The largest absolute Gasteiger partial charge is 0.457 e. The molecule has 1 spiro atoms. The molecule has 0 aromatic carbocycles. The molecule has 1 saturated carbocycles. The van der Waals surface area contributed by atoms with E-state index < -0.39 is 48.2 Å². The van der Waals surface area contributed by atoms with E-state index in [2.05, 4.69) is 0 Å². The Morgan fingerprint density at radius 1 is 1.23 bits per heavy atom. The normalized spacial score (nSPS) is 53.3. The summed E-state index contributed by atoms with van der Waals surface area (Å²) in [5.74, 6) is -1.63. The van der Waals surface area contributed by atoms with Crippen LogP contribution in [0.25, 0.3) is 0 Å². The van der Waals surface area contributed by atoms with Crippen molar-refractivity contribution in [3.63, 3.8) is 0 Å². The zero-order valence-corrected chi connectivity index (χ0v) is 18.3. The lowest BCUT2D eigenvalue weighted by atomic mass is 9.57. The molecule has 3 N–H and O–H groups in total. The van der Waals surface area contributed by atoms with E-state index in [-0.39, 0.29) is 29.6 Å². The predicted molar refractivity (Wildman–Crippen MR) is 108 cm³/mol. The average Bonchev–Trinajstić information content (AvgIpc) is 2.91. The average molecular weight is 423 g/mol.